The van der Waals surface area contributed by atoms with E-state index < -0.39 is 0 Å². The zero-order valence-electron chi connectivity index (χ0n) is 8.31. The van der Waals surface area contributed by atoms with Crippen LogP contribution in [0.5, 0.6) is 0 Å². The Morgan fingerprint density at radius 2 is 1.88 bits per heavy atom. The lowest BCUT2D eigenvalue weighted by Gasteiger charge is -2.01. The van der Waals surface area contributed by atoms with Crippen molar-refractivity contribution in [2.75, 3.05) is 0 Å². The van der Waals surface area contributed by atoms with Gasteiger partial charge in [-0.3, -0.25) is 4.79 Å². The second-order valence-corrected chi connectivity index (χ2v) is 3.69. The number of nitrogens with one attached hydrogen (secondary N) is 1. The van der Waals surface area contributed by atoms with Crippen LogP contribution < -0.4 is 11.3 Å². The smallest absolute Gasteiger partial charge is 0.264 e. The summed E-state index contributed by atoms with van der Waals surface area (Å²) in [6, 6.07) is 10.5. The van der Waals surface area contributed by atoms with E-state index >= 15 is 0 Å². The van der Waals surface area contributed by atoms with Crippen LogP contribution in [0.2, 0.25) is 0 Å². The van der Waals surface area contributed by atoms with Gasteiger partial charge in [0.25, 0.3) is 5.56 Å². The van der Waals surface area contributed by atoms with Gasteiger partial charge in [-0.2, -0.15) is 5.10 Å². The van der Waals surface area contributed by atoms with Crippen molar-refractivity contribution in [2.24, 2.45) is 5.73 Å². The second-order valence-electron chi connectivity index (χ2n) is 3.25. The van der Waals surface area contributed by atoms with Gasteiger partial charge in [-0.1, -0.05) is 36.5 Å². The Balaban J connectivity index is 2.38. The standard InChI is InChI=1S/C11H9N3OS/c12-11(16)8-3-1-7(2-4-8)9-5-6-10(15)14-13-9/h1-6H,(H2,12,16)(H,14,15). The normalized spacial score (nSPS) is 10.0. The van der Waals surface area contributed by atoms with Gasteiger partial charge in [-0.25, -0.2) is 5.10 Å². The van der Waals surface area contributed by atoms with Gasteiger partial charge >= 0.3 is 0 Å². The lowest BCUT2D eigenvalue weighted by molar-refractivity contribution is 0.995. The molecule has 0 saturated carbocycles. The van der Waals surface area contributed by atoms with Gasteiger partial charge in [0.2, 0.25) is 0 Å². The molecule has 16 heavy (non-hydrogen) atoms. The van der Waals surface area contributed by atoms with Gasteiger partial charge in [-0.05, 0) is 6.07 Å². The number of hydrogen-bond acceptors (Lipinski definition) is 3. The molecule has 2 rings (SSSR count). The summed E-state index contributed by atoms with van der Waals surface area (Å²) in [6.45, 7) is 0. The van der Waals surface area contributed by atoms with Gasteiger partial charge in [0.05, 0.1) is 5.69 Å². The number of aromatic nitrogens is 2. The molecule has 0 spiro atoms. The largest absolute Gasteiger partial charge is 0.389 e. The van der Waals surface area contributed by atoms with Crippen LogP contribution in [0.15, 0.2) is 41.2 Å². The monoisotopic (exact) mass is 231 g/mol. The van der Waals surface area contributed by atoms with E-state index in [1.165, 1.54) is 6.07 Å². The van der Waals surface area contributed by atoms with Gasteiger partial charge in [0.15, 0.2) is 0 Å². The van der Waals surface area contributed by atoms with Crippen molar-refractivity contribution < 1.29 is 0 Å². The molecule has 4 nitrogen and oxygen atoms in total. The molecule has 0 aliphatic heterocycles. The molecular formula is C11H9N3OS. The Bertz CT molecular complexity index is 554. The minimum Gasteiger partial charge on any atom is -0.389 e. The molecular weight excluding hydrogens is 222 g/mol. The fourth-order valence-corrected chi connectivity index (χ4v) is 1.45. The van der Waals surface area contributed by atoms with Crippen LogP contribution in [0, 0.1) is 0 Å². The number of aromatic amines is 1. The summed E-state index contributed by atoms with van der Waals surface area (Å²) in [5.41, 5.74) is 7.68. The lowest BCUT2D eigenvalue weighted by atomic mass is 10.1. The molecule has 0 aliphatic rings. The van der Waals surface area contributed by atoms with E-state index in [1.54, 1.807) is 6.07 Å². The van der Waals surface area contributed by atoms with Gasteiger partial charge in [-0.15, -0.1) is 0 Å². The van der Waals surface area contributed by atoms with Crippen LogP contribution in [-0.4, -0.2) is 15.2 Å². The molecule has 1 heterocycles. The third-order valence-electron chi connectivity index (χ3n) is 2.14. The fourth-order valence-electron chi connectivity index (χ4n) is 1.31. The first-order valence-corrected chi connectivity index (χ1v) is 5.03. The highest BCUT2D eigenvalue weighted by atomic mass is 32.1. The van der Waals surface area contributed by atoms with E-state index in [2.05, 4.69) is 10.2 Å². The Hall–Kier alpha value is -2.01. The zero-order valence-corrected chi connectivity index (χ0v) is 9.12. The maximum absolute atomic E-state index is 10.8. The molecule has 3 N–H and O–H groups in total. The van der Waals surface area contributed by atoms with E-state index in [0.29, 0.717) is 10.7 Å². The van der Waals surface area contributed by atoms with Crippen molar-refractivity contribution >= 4 is 17.2 Å². The molecule has 0 bridgehead atoms. The van der Waals surface area contributed by atoms with Crippen LogP contribution in [0.3, 0.4) is 0 Å². The summed E-state index contributed by atoms with van der Waals surface area (Å²) in [4.78, 5) is 11.2. The van der Waals surface area contributed by atoms with E-state index in [-0.39, 0.29) is 5.56 Å². The maximum atomic E-state index is 10.8. The number of thiocarbonyl (C=S) groups is 1. The third-order valence-corrected chi connectivity index (χ3v) is 2.38. The summed E-state index contributed by atoms with van der Waals surface area (Å²) in [5, 5.41) is 6.30. The number of hydrogen-bond donors (Lipinski definition) is 2. The molecule has 1 aromatic heterocycles. The number of nitrogens with two attached hydrogens (primary N) is 1. The third kappa shape index (κ3) is 2.14. The number of H-pyrrole nitrogens is 1. The SMILES string of the molecule is NC(=S)c1ccc(-c2ccc(=O)[nH]n2)cc1. The molecule has 2 aromatic rings. The number of nitrogens with zero attached hydrogens (tertiary/aromatic N) is 1. The predicted octanol–water partition coefficient (Wildman–Crippen LogP) is 1.07. The van der Waals surface area contributed by atoms with Crippen molar-refractivity contribution in [1.29, 1.82) is 0 Å². The Labute approximate surface area is 97.1 Å². The Morgan fingerprint density at radius 1 is 1.19 bits per heavy atom. The fraction of sp³-hybridized carbons (Fsp3) is 0. The van der Waals surface area contributed by atoms with E-state index in [0.717, 1.165) is 11.1 Å². The highest BCUT2D eigenvalue weighted by Crippen LogP contribution is 2.15. The quantitative estimate of drug-likeness (QED) is 0.758. The van der Waals surface area contributed by atoms with Crippen LogP contribution in [0.4, 0.5) is 0 Å². The summed E-state index contributed by atoms with van der Waals surface area (Å²) in [6.07, 6.45) is 0. The highest BCUT2D eigenvalue weighted by Gasteiger charge is 2.00. The topological polar surface area (TPSA) is 71.8 Å². The molecule has 1 aromatic carbocycles. The minimum atomic E-state index is -0.219. The Kier molecular flexibility index (Phi) is 2.78. The van der Waals surface area contributed by atoms with Crippen LogP contribution in [0.25, 0.3) is 11.3 Å². The molecule has 0 fully saturated rings. The second kappa shape index (κ2) is 4.24. The maximum Gasteiger partial charge on any atom is 0.264 e. The van der Waals surface area contributed by atoms with Gasteiger partial charge in [0, 0.05) is 17.2 Å². The van der Waals surface area contributed by atoms with Crippen LogP contribution in [0.1, 0.15) is 5.56 Å². The van der Waals surface area contributed by atoms with E-state index in [9.17, 15) is 4.79 Å². The molecule has 0 saturated heterocycles. The van der Waals surface area contributed by atoms with Crippen molar-refractivity contribution in [2.45, 2.75) is 0 Å². The molecule has 0 aliphatic carbocycles. The first-order valence-electron chi connectivity index (χ1n) is 4.63. The zero-order chi connectivity index (χ0) is 11.5. The predicted molar refractivity (Wildman–Crippen MR) is 66.2 cm³/mol. The van der Waals surface area contributed by atoms with Crippen LogP contribution >= 0.6 is 12.2 Å². The number of rotatable bonds is 2. The Morgan fingerprint density at radius 3 is 2.38 bits per heavy atom. The summed E-state index contributed by atoms with van der Waals surface area (Å²) in [5.74, 6) is 0. The van der Waals surface area contributed by atoms with Crippen molar-refractivity contribution in [3.8, 4) is 11.3 Å². The molecule has 0 radical (unpaired) electrons. The summed E-state index contributed by atoms with van der Waals surface area (Å²) >= 11 is 4.85. The minimum absolute atomic E-state index is 0.219. The summed E-state index contributed by atoms with van der Waals surface area (Å²) in [7, 11) is 0. The molecule has 0 amide bonds. The molecule has 5 heteroatoms. The van der Waals surface area contributed by atoms with E-state index in [4.69, 9.17) is 18.0 Å². The highest BCUT2D eigenvalue weighted by molar-refractivity contribution is 7.80. The first-order chi connectivity index (χ1) is 7.66. The van der Waals surface area contributed by atoms with Gasteiger partial charge < -0.3 is 5.73 Å². The molecule has 0 unspecified atom stereocenters. The van der Waals surface area contributed by atoms with Gasteiger partial charge in [0.1, 0.15) is 4.99 Å². The summed E-state index contributed by atoms with van der Waals surface area (Å²) < 4.78 is 0. The average molecular weight is 231 g/mol. The lowest BCUT2D eigenvalue weighted by Crippen LogP contribution is -2.09. The number of benzene rings is 1. The molecule has 0 atom stereocenters. The van der Waals surface area contributed by atoms with Crippen molar-refractivity contribution in [3.63, 3.8) is 0 Å². The van der Waals surface area contributed by atoms with Crippen LogP contribution in [-0.2, 0) is 0 Å². The molecule has 80 valence electrons. The first kappa shape index (κ1) is 10.5. The average Bonchev–Trinajstić information content (AvgIpc) is 2.30. The van der Waals surface area contributed by atoms with Crippen molar-refractivity contribution in [3.05, 3.63) is 52.3 Å². The van der Waals surface area contributed by atoms with E-state index in [1.807, 2.05) is 24.3 Å². The van der Waals surface area contributed by atoms with Crippen molar-refractivity contribution in [1.82, 2.24) is 10.2 Å².